The molecule has 1 saturated heterocycles. The summed E-state index contributed by atoms with van der Waals surface area (Å²) in [5.74, 6) is 0.751. The van der Waals surface area contributed by atoms with Gasteiger partial charge in [-0.3, -0.25) is 0 Å². The van der Waals surface area contributed by atoms with Crippen LogP contribution in [0.1, 0.15) is 27.2 Å². The minimum atomic E-state index is -1.42. The molecule has 0 spiro atoms. The van der Waals surface area contributed by atoms with Crippen LogP contribution in [0.2, 0.25) is 5.54 Å². The van der Waals surface area contributed by atoms with Crippen LogP contribution in [0.3, 0.4) is 0 Å². The van der Waals surface area contributed by atoms with Gasteiger partial charge in [0.15, 0.2) is 0 Å². The molecule has 0 saturated carbocycles. The van der Waals surface area contributed by atoms with Gasteiger partial charge in [0.1, 0.15) is 0 Å². The molecule has 3 nitrogen and oxygen atoms in total. The molecular formula is C10H22O3Si. The van der Waals surface area contributed by atoms with Crippen LogP contribution < -0.4 is 0 Å². The fraction of sp³-hybridized carbons (Fsp3) is 1.00. The van der Waals surface area contributed by atoms with Crippen LogP contribution in [-0.4, -0.2) is 35.7 Å². The van der Waals surface area contributed by atoms with Crippen LogP contribution in [0.5, 0.6) is 0 Å². The molecule has 4 heteroatoms. The molecule has 1 fully saturated rings. The first-order chi connectivity index (χ1) is 6.77. The Hall–Kier alpha value is 0.0969. The van der Waals surface area contributed by atoms with Crippen molar-refractivity contribution in [2.75, 3.05) is 26.4 Å². The molecule has 0 aromatic rings. The third-order valence-electron chi connectivity index (χ3n) is 2.54. The molecule has 0 bridgehead atoms. The van der Waals surface area contributed by atoms with Crippen molar-refractivity contribution in [1.29, 1.82) is 0 Å². The fourth-order valence-electron chi connectivity index (χ4n) is 1.76. The predicted molar refractivity (Wildman–Crippen MR) is 58.8 cm³/mol. The van der Waals surface area contributed by atoms with Crippen molar-refractivity contribution < 1.29 is 13.6 Å². The van der Waals surface area contributed by atoms with E-state index in [-0.39, 0.29) is 0 Å². The van der Waals surface area contributed by atoms with E-state index in [2.05, 4.69) is 6.92 Å². The molecule has 14 heavy (non-hydrogen) atoms. The largest absolute Gasteiger partial charge is 0.397 e. The maximum atomic E-state index is 5.69. The smallest absolute Gasteiger partial charge is 0.324 e. The highest BCUT2D eigenvalue weighted by Crippen LogP contribution is 2.26. The lowest BCUT2D eigenvalue weighted by atomic mass is 10.0. The SMILES string of the molecule is CCO[SiH](OCC)C(C)CC1COC1. The van der Waals surface area contributed by atoms with E-state index >= 15 is 0 Å². The first-order valence-corrected chi connectivity index (χ1v) is 7.19. The number of rotatable bonds is 7. The Labute approximate surface area is 88.6 Å². The first-order valence-electron chi connectivity index (χ1n) is 5.58. The highest BCUT2D eigenvalue weighted by molar-refractivity contribution is 6.46. The van der Waals surface area contributed by atoms with Crippen molar-refractivity contribution >= 4 is 9.28 Å². The Balaban J connectivity index is 2.24. The van der Waals surface area contributed by atoms with Crippen LogP contribution in [0.15, 0.2) is 0 Å². The molecule has 84 valence electrons. The van der Waals surface area contributed by atoms with Gasteiger partial charge < -0.3 is 13.6 Å². The molecule has 0 aromatic carbocycles. The van der Waals surface area contributed by atoms with Gasteiger partial charge in [-0.1, -0.05) is 6.92 Å². The van der Waals surface area contributed by atoms with Gasteiger partial charge in [0.2, 0.25) is 0 Å². The van der Waals surface area contributed by atoms with Crippen LogP contribution in [-0.2, 0) is 13.6 Å². The van der Waals surface area contributed by atoms with Crippen molar-refractivity contribution in [3.8, 4) is 0 Å². The molecule has 0 radical (unpaired) electrons. The lowest BCUT2D eigenvalue weighted by Gasteiger charge is -2.30. The van der Waals surface area contributed by atoms with Crippen molar-refractivity contribution in [3.63, 3.8) is 0 Å². The van der Waals surface area contributed by atoms with Crippen molar-refractivity contribution in [1.82, 2.24) is 0 Å². The van der Waals surface area contributed by atoms with Gasteiger partial charge in [0.25, 0.3) is 0 Å². The van der Waals surface area contributed by atoms with Gasteiger partial charge >= 0.3 is 9.28 Å². The minimum Gasteiger partial charge on any atom is -0.397 e. The highest BCUT2D eigenvalue weighted by atomic mass is 28.3. The molecule has 1 heterocycles. The second-order valence-corrected chi connectivity index (χ2v) is 6.44. The summed E-state index contributed by atoms with van der Waals surface area (Å²) in [5.41, 5.74) is 0.601. The summed E-state index contributed by atoms with van der Waals surface area (Å²) in [6.45, 7) is 9.76. The Kier molecular flexibility index (Phi) is 5.70. The Morgan fingerprint density at radius 1 is 1.29 bits per heavy atom. The third kappa shape index (κ3) is 3.69. The molecule has 1 unspecified atom stereocenters. The summed E-state index contributed by atoms with van der Waals surface area (Å²) in [5, 5.41) is 0. The molecule has 0 amide bonds. The van der Waals surface area contributed by atoms with E-state index in [0.717, 1.165) is 32.3 Å². The quantitative estimate of drug-likeness (QED) is 0.609. The van der Waals surface area contributed by atoms with E-state index in [9.17, 15) is 0 Å². The predicted octanol–water partition coefficient (Wildman–Crippen LogP) is 1.71. The lowest BCUT2D eigenvalue weighted by molar-refractivity contribution is -0.0369. The van der Waals surface area contributed by atoms with Gasteiger partial charge in [-0.05, 0) is 25.8 Å². The average molecular weight is 218 g/mol. The minimum absolute atomic E-state index is 0.601. The topological polar surface area (TPSA) is 27.7 Å². The van der Waals surface area contributed by atoms with Gasteiger partial charge in [-0.2, -0.15) is 0 Å². The van der Waals surface area contributed by atoms with Gasteiger partial charge in [0, 0.05) is 19.1 Å². The van der Waals surface area contributed by atoms with E-state index in [0.29, 0.717) is 5.54 Å². The zero-order valence-electron chi connectivity index (χ0n) is 9.49. The Morgan fingerprint density at radius 3 is 2.21 bits per heavy atom. The van der Waals surface area contributed by atoms with Crippen LogP contribution in [0.25, 0.3) is 0 Å². The number of hydrogen-bond acceptors (Lipinski definition) is 3. The average Bonchev–Trinajstić information content (AvgIpc) is 2.11. The molecular weight excluding hydrogens is 196 g/mol. The Bertz CT molecular complexity index is 144. The van der Waals surface area contributed by atoms with Crippen molar-refractivity contribution in [2.45, 2.75) is 32.7 Å². The van der Waals surface area contributed by atoms with E-state index in [1.54, 1.807) is 0 Å². The fourth-order valence-corrected chi connectivity index (χ4v) is 3.78. The van der Waals surface area contributed by atoms with Gasteiger partial charge in [0.05, 0.1) is 13.2 Å². The van der Waals surface area contributed by atoms with E-state index in [4.69, 9.17) is 13.6 Å². The monoisotopic (exact) mass is 218 g/mol. The molecule has 1 rings (SSSR count). The number of hydrogen-bond donors (Lipinski definition) is 0. The molecule has 0 N–H and O–H groups in total. The zero-order chi connectivity index (χ0) is 10.4. The second kappa shape index (κ2) is 6.56. The summed E-state index contributed by atoms with van der Waals surface area (Å²) in [6, 6.07) is 0. The summed E-state index contributed by atoms with van der Waals surface area (Å²) in [7, 11) is -1.42. The summed E-state index contributed by atoms with van der Waals surface area (Å²) >= 11 is 0. The summed E-state index contributed by atoms with van der Waals surface area (Å²) in [4.78, 5) is 0. The van der Waals surface area contributed by atoms with Crippen LogP contribution >= 0.6 is 0 Å². The molecule has 1 atom stereocenters. The van der Waals surface area contributed by atoms with E-state index in [1.807, 2.05) is 13.8 Å². The maximum Gasteiger partial charge on any atom is 0.324 e. The van der Waals surface area contributed by atoms with Gasteiger partial charge in [-0.25, -0.2) is 0 Å². The highest BCUT2D eigenvalue weighted by Gasteiger charge is 2.28. The normalized spacial score (nSPS) is 19.7. The zero-order valence-corrected chi connectivity index (χ0v) is 10.6. The molecule has 1 aliphatic heterocycles. The summed E-state index contributed by atoms with van der Waals surface area (Å²) < 4.78 is 16.5. The lowest BCUT2D eigenvalue weighted by Crippen LogP contribution is -2.34. The van der Waals surface area contributed by atoms with E-state index < -0.39 is 9.28 Å². The summed E-state index contributed by atoms with van der Waals surface area (Å²) in [6.07, 6.45) is 1.21. The first kappa shape index (κ1) is 12.2. The number of ether oxygens (including phenoxy) is 1. The van der Waals surface area contributed by atoms with Crippen LogP contribution in [0, 0.1) is 5.92 Å². The molecule has 1 aliphatic rings. The van der Waals surface area contributed by atoms with Crippen molar-refractivity contribution in [3.05, 3.63) is 0 Å². The third-order valence-corrected chi connectivity index (χ3v) is 5.06. The second-order valence-electron chi connectivity index (χ2n) is 3.90. The van der Waals surface area contributed by atoms with Crippen LogP contribution in [0.4, 0.5) is 0 Å². The molecule has 0 aromatic heterocycles. The van der Waals surface area contributed by atoms with Gasteiger partial charge in [-0.15, -0.1) is 0 Å². The molecule has 0 aliphatic carbocycles. The maximum absolute atomic E-state index is 5.69. The van der Waals surface area contributed by atoms with E-state index in [1.165, 1.54) is 6.42 Å². The Morgan fingerprint density at radius 2 is 1.86 bits per heavy atom. The standard InChI is InChI=1S/C10H22O3Si/c1-4-12-14(13-5-2)9(3)6-10-7-11-8-10/h9-10,14H,4-8H2,1-3H3. The van der Waals surface area contributed by atoms with Crippen molar-refractivity contribution in [2.24, 2.45) is 5.92 Å².